The van der Waals surface area contributed by atoms with Gasteiger partial charge in [0.15, 0.2) is 0 Å². The van der Waals surface area contributed by atoms with E-state index in [0.717, 1.165) is 27.4 Å². The number of rotatable bonds is 3. The maximum Gasteiger partial charge on any atom is 0.138 e. The zero-order chi connectivity index (χ0) is 9.97. The van der Waals surface area contributed by atoms with Gasteiger partial charge in [0.1, 0.15) is 5.75 Å². The Labute approximate surface area is 86.5 Å². The van der Waals surface area contributed by atoms with Crippen molar-refractivity contribution in [3.63, 3.8) is 0 Å². The predicted molar refractivity (Wildman–Crippen MR) is 58.9 cm³/mol. The van der Waals surface area contributed by atoms with Crippen molar-refractivity contribution in [2.24, 2.45) is 5.73 Å². The molecule has 0 bridgehead atoms. The van der Waals surface area contributed by atoms with E-state index in [1.165, 1.54) is 0 Å². The van der Waals surface area contributed by atoms with Crippen molar-refractivity contribution >= 4 is 21.6 Å². The summed E-state index contributed by atoms with van der Waals surface area (Å²) in [6, 6.07) is 5.90. The number of nitrogens with two attached hydrogens (primary N) is 1. The second-order valence-corrected chi connectivity index (χ2v) is 4.04. The third kappa shape index (κ3) is 1.58. The van der Waals surface area contributed by atoms with Crippen molar-refractivity contribution in [2.45, 2.75) is 6.42 Å². The van der Waals surface area contributed by atoms with Gasteiger partial charge in [-0.05, 0) is 18.7 Å². The first-order chi connectivity index (χ1) is 6.85. The Bertz CT molecular complexity index is 439. The number of aromatic nitrogens is 1. The second kappa shape index (κ2) is 3.94. The Kier molecular flexibility index (Phi) is 2.65. The average molecular weight is 208 g/mol. The van der Waals surface area contributed by atoms with Crippen LogP contribution in [0.2, 0.25) is 0 Å². The number of nitrogens with zero attached hydrogens (tertiary/aromatic N) is 1. The fourth-order valence-corrected chi connectivity index (χ4v) is 2.43. The molecule has 1 aromatic heterocycles. The molecule has 0 atom stereocenters. The second-order valence-electron chi connectivity index (χ2n) is 2.95. The van der Waals surface area contributed by atoms with Crippen molar-refractivity contribution in [1.82, 2.24) is 4.98 Å². The van der Waals surface area contributed by atoms with E-state index in [2.05, 4.69) is 4.98 Å². The largest absolute Gasteiger partial charge is 0.495 e. The highest BCUT2D eigenvalue weighted by Crippen LogP contribution is 2.30. The highest BCUT2D eigenvalue weighted by atomic mass is 32.1. The maximum absolute atomic E-state index is 5.49. The molecule has 0 radical (unpaired) electrons. The Morgan fingerprint density at radius 2 is 2.36 bits per heavy atom. The maximum atomic E-state index is 5.49. The van der Waals surface area contributed by atoms with Gasteiger partial charge in [0, 0.05) is 6.42 Å². The predicted octanol–water partition coefficient (Wildman–Crippen LogP) is 1.81. The molecule has 0 aliphatic carbocycles. The number of benzene rings is 1. The van der Waals surface area contributed by atoms with Crippen LogP contribution >= 0.6 is 11.3 Å². The lowest BCUT2D eigenvalue weighted by Crippen LogP contribution is -2.01. The van der Waals surface area contributed by atoms with Crippen molar-refractivity contribution < 1.29 is 4.74 Å². The number of hydrogen-bond acceptors (Lipinski definition) is 4. The standard InChI is InChI=1S/C10H12N2OS/c1-13-8-4-2-3-7-10(8)14-9(12-7)5-6-11/h2-4H,5-6,11H2,1H3. The lowest BCUT2D eigenvalue weighted by Gasteiger charge is -1.97. The molecule has 3 nitrogen and oxygen atoms in total. The Hall–Kier alpha value is -1.13. The fraction of sp³-hybridized carbons (Fsp3) is 0.300. The van der Waals surface area contributed by atoms with Gasteiger partial charge in [-0.2, -0.15) is 0 Å². The van der Waals surface area contributed by atoms with Crippen molar-refractivity contribution in [2.75, 3.05) is 13.7 Å². The topological polar surface area (TPSA) is 48.1 Å². The van der Waals surface area contributed by atoms with Gasteiger partial charge in [0.2, 0.25) is 0 Å². The van der Waals surface area contributed by atoms with Crippen LogP contribution in [-0.2, 0) is 6.42 Å². The number of fused-ring (bicyclic) bond motifs is 1. The molecule has 0 aliphatic heterocycles. The van der Waals surface area contributed by atoms with Gasteiger partial charge in [-0.1, -0.05) is 6.07 Å². The molecule has 1 aromatic carbocycles. The number of ether oxygens (including phenoxy) is 1. The molecule has 2 aromatic rings. The number of hydrogen-bond donors (Lipinski definition) is 1. The van der Waals surface area contributed by atoms with Crippen LogP contribution in [0.4, 0.5) is 0 Å². The Morgan fingerprint density at radius 1 is 1.50 bits per heavy atom. The average Bonchev–Trinajstić information content (AvgIpc) is 2.60. The lowest BCUT2D eigenvalue weighted by molar-refractivity contribution is 0.420. The summed E-state index contributed by atoms with van der Waals surface area (Å²) in [5.41, 5.74) is 6.49. The fourth-order valence-electron chi connectivity index (χ4n) is 1.36. The van der Waals surface area contributed by atoms with Crippen LogP contribution < -0.4 is 10.5 Å². The molecule has 0 saturated heterocycles. The molecular weight excluding hydrogens is 196 g/mol. The summed E-state index contributed by atoms with van der Waals surface area (Å²) in [7, 11) is 1.68. The van der Waals surface area contributed by atoms with E-state index >= 15 is 0 Å². The van der Waals surface area contributed by atoms with Crippen molar-refractivity contribution in [3.8, 4) is 5.75 Å². The third-order valence-electron chi connectivity index (χ3n) is 2.00. The molecule has 0 fully saturated rings. The summed E-state index contributed by atoms with van der Waals surface area (Å²) in [4.78, 5) is 4.47. The van der Waals surface area contributed by atoms with Crippen LogP contribution in [0, 0.1) is 0 Å². The zero-order valence-electron chi connectivity index (χ0n) is 7.99. The Morgan fingerprint density at radius 3 is 3.07 bits per heavy atom. The summed E-state index contributed by atoms with van der Waals surface area (Å²) in [5.74, 6) is 0.892. The number of thiazole rings is 1. The van der Waals surface area contributed by atoms with Crippen LogP contribution in [0.3, 0.4) is 0 Å². The smallest absolute Gasteiger partial charge is 0.138 e. The minimum absolute atomic E-state index is 0.641. The first kappa shape index (κ1) is 9.43. The molecule has 0 unspecified atom stereocenters. The van der Waals surface area contributed by atoms with E-state index in [1.54, 1.807) is 18.4 Å². The highest BCUT2D eigenvalue weighted by Gasteiger charge is 2.06. The van der Waals surface area contributed by atoms with E-state index in [-0.39, 0.29) is 0 Å². The van der Waals surface area contributed by atoms with Gasteiger partial charge in [0.05, 0.1) is 22.3 Å². The van der Waals surface area contributed by atoms with Crippen LogP contribution in [-0.4, -0.2) is 18.6 Å². The van der Waals surface area contributed by atoms with Gasteiger partial charge >= 0.3 is 0 Å². The quantitative estimate of drug-likeness (QED) is 0.836. The van der Waals surface area contributed by atoms with Crippen molar-refractivity contribution in [3.05, 3.63) is 23.2 Å². The first-order valence-electron chi connectivity index (χ1n) is 4.47. The summed E-state index contributed by atoms with van der Waals surface area (Å²) in [6.07, 6.45) is 0.836. The first-order valence-corrected chi connectivity index (χ1v) is 5.29. The summed E-state index contributed by atoms with van der Waals surface area (Å²) < 4.78 is 6.37. The van der Waals surface area contributed by atoms with Crippen molar-refractivity contribution in [1.29, 1.82) is 0 Å². The normalized spacial score (nSPS) is 10.7. The molecule has 0 amide bonds. The van der Waals surface area contributed by atoms with Crippen LogP contribution in [0.1, 0.15) is 5.01 Å². The molecule has 0 spiro atoms. The van der Waals surface area contributed by atoms with Crippen LogP contribution in [0.5, 0.6) is 5.75 Å². The lowest BCUT2D eigenvalue weighted by atomic mass is 10.3. The summed E-state index contributed by atoms with van der Waals surface area (Å²) in [5, 5.41) is 1.08. The zero-order valence-corrected chi connectivity index (χ0v) is 8.80. The molecule has 14 heavy (non-hydrogen) atoms. The SMILES string of the molecule is COc1cccc2nc(CCN)sc12. The van der Waals surface area contributed by atoms with E-state index in [0.29, 0.717) is 6.54 Å². The van der Waals surface area contributed by atoms with Gasteiger partial charge in [-0.15, -0.1) is 11.3 Å². The van der Waals surface area contributed by atoms with E-state index in [1.807, 2.05) is 18.2 Å². The van der Waals surface area contributed by atoms with Gasteiger partial charge in [-0.25, -0.2) is 4.98 Å². The van der Waals surface area contributed by atoms with E-state index in [4.69, 9.17) is 10.5 Å². The van der Waals surface area contributed by atoms with Crippen LogP contribution in [0.25, 0.3) is 10.2 Å². The minimum atomic E-state index is 0.641. The van der Waals surface area contributed by atoms with Gasteiger partial charge < -0.3 is 10.5 Å². The monoisotopic (exact) mass is 208 g/mol. The minimum Gasteiger partial charge on any atom is -0.495 e. The molecule has 0 aliphatic rings. The van der Waals surface area contributed by atoms with Gasteiger partial charge in [0.25, 0.3) is 0 Å². The Balaban J connectivity index is 2.52. The summed E-state index contributed by atoms with van der Waals surface area (Å²) >= 11 is 1.66. The molecule has 1 heterocycles. The molecule has 2 rings (SSSR count). The van der Waals surface area contributed by atoms with E-state index in [9.17, 15) is 0 Å². The summed E-state index contributed by atoms with van der Waals surface area (Å²) in [6.45, 7) is 0.641. The highest BCUT2D eigenvalue weighted by molar-refractivity contribution is 7.19. The molecule has 0 saturated carbocycles. The van der Waals surface area contributed by atoms with E-state index < -0.39 is 0 Å². The van der Waals surface area contributed by atoms with Gasteiger partial charge in [-0.3, -0.25) is 0 Å². The molecule has 2 N–H and O–H groups in total. The molecule has 4 heteroatoms. The van der Waals surface area contributed by atoms with Crippen LogP contribution in [0.15, 0.2) is 18.2 Å². The molecular formula is C10H12N2OS. The number of methoxy groups -OCH3 is 1. The molecule has 74 valence electrons. The third-order valence-corrected chi connectivity index (χ3v) is 3.15.